The van der Waals surface area contributed by atoms with Crippen molar-refractivity contribution in [2.24, 2.45) is 0 Å². The lowest BCUT2D eigenvalue weighted by molar-refractivity contribution is -0.127. The third kappa shape index (κ3) is 4.16. The number of hydrogen-bond acceptors (Lipinski definition) is 5. The standard InChI is InChI=1S/C18H21N3O3/c1-21(9-6-14-4-7-19-8-5-14)18(22)13-20-15-2-3-16-17(12-15)24-11-10-23-16/h2-5,7-8,12,20H,6,9-11,13H2,1H3. The minimum Gasteiger partial charge on any atom is -0.486 e. The van der Waals surface area contributed by atoms with Crippen LogP contribution in [0.5, 0.6) is 11.5 Å². The van der Waals surface area contributed by atoms with Crippen molar-refractivity contribution in [3.8, 4) is 11.5 Å². The van der Waals surface area contributed by atoms with Gasteiger partial charge in [0.25, 0.3) is 0 Å². The van der Waals surface area contributed by atoms with Crippen LogP contribution in [0.2, 0.25) is 0 Å². The number of likely N-dealkylation sites (N-methyl/N-ethyl adjacent to an activating group) is 1. The fourth-order valence-electron chi connectivity index (χ4n) is 2.44. The summed E-state index contributed by atoms with van der Waals surface area (Å²) in [6.07, 6.45) is 4.34. The number of nitrogens with one attached hydrogen (secondary N) is 1. The van der Waals surface area contributed by atoms with Gasteiger partial charge in [-0.2, -0.15) is 0 Å². The first kappa shape index (κ1) is 16.1. The van der Waals surface area contributed by atoms with E-state index in [1.165, 1.54) is 5.56 Å². The van der Waals surface area contributed by atoms with Gasteiger partial charge in [-0.1, -0.05) is 0 Å². The fraction of sp³-hybridized carbons (Fsp3) is 0.333. The molecule has 0 atom stereocenters. The van der Waals surface area contributed by atoms with Crippen LogP contribution in [0.1, 0.15) is 5.56 Å². The molecule has 6 nitrogen and oxygen atoms in total. The summed E-state index contributed by atoms with van der Waals surface area (Å²) in [7, 11) is 1.81. The van der Waals surface area contributed by atoms with Gasteiger partial charge in [-0.15, -0.1) is 0 Å². The summed E-state index contributed by atoms with van der Waals surface area (Å²) >= 11 is 0. The molecule has 0 radical (unpaired) electrons. The van der Waals surface area contributed by atoms with Gasteiger partial charge >= 0.3 is 0 Å². The molecule has 0 spiro atoms. The van der Waals surface area contributed by atoms with E-state index in [0.29, 0.717) is 25.5 Å². The minimum absolute atomic E-state index is 0.0407. The Morgan fingerprint density at radius 3 is 2.71 bits per heavy atom. The van der Waals surface area contributed by atoms with E-state index in [0.717, 1.165) is 17.9 Å². The largest absolute Gasteiger partial charge is 0.486 e. The molecule has 0 fully saturated rings. The van der Waals surface area contributed by atoms with Crippen molar-refractivity contribution in [1.82, 2.24) is 9.88 Å². The molecule has 0 bridgehead atoms. The van der Waals surface area contributed by atoms with E-state index >= 15 is 0 Å². The molecule has 6 heteroatoms. The van der Waals surface area contributed by atoms with Gasteiger partial charge in [-0.05, 0) is 36.2 Å². The Labute approximate surface area is 141 Å². The second-order valence-electron chi connectivity index (χ2n) is 5.63. The number of carbonyl (C=O) groups excluding carboxylic acids is 1. The van der Waals surface area contributed by atoms with Crippen LogP contribution in [0.4, 0.5) is 5.69 Å². The van der Waals surface area contributed by atoms with Crippen molar-refractivity contribution in [2.75, 3.05) is 38.7 Å². The molecule has 126 valence electrons. The number of carbonyl (C=O) groups is 1. The lowest BCUT2D eigenvalue weighted by atomic mass is 10.2. The number of fused-ring (bicyclic) bond motifs is 1. The van der Waals surface area contributed by atoms with Crippen molar-refractivity contribution in [3.63, 3.8) is 0 Å². The number of amides is 1. The molecule has 1 amide bonds. The number of rotatable bonds is 6. The highest BCUT2D eigenvalue weighted by molar-refractivity contribution is 5.80. The van der Waals surface area contributed by atoms with Crippen molar-refractivity contribution in [2.45, 2.75) is 6.42 Å². The zero-order chi connectivity index (χ0) is 16.8. The highest BCUT2D eigenvalue weighted by atomic mass is 16.6. The molecule has 2 heterocycles. The second kappa shape index (κ2) is 7.68. The Balaban J connectivity index is 1.48. The van der Waals surface area contributed by atoms with Crippen molar-refractivity contribution in [1.29, 1.82) is 0 Å². The summed E-state index contributed by atoms with van der Waals surface area (Å²) in [5, 5.41) is 3.14. The number of anilines is 1. The maximum atomic E-state index is 12.2. The number of ether oxygens (including phenoxy) is 2. The van der Waals surface area contributed by atoms with Crippen LogP contribution in [0, 0.1) is 0 Å². The second-order valence-corrected chi connectivity index (χ2v) is 5.63. The Morgan fingerprint density at radius 2 is 1.92 bits per heavy atom. The first-order valence-corrected chi connectivity index (χ1v) is 7.99. The molecule has 1 aromatic carbocycles. The Kier molecular flexibility index (Phi) is 5.15. The monoisotopic (exact) mass is 327 g/mol. The minimum atomic E-state index is 0.0407. The SMILES string of the molecule is CN(CCc1ccncc1)C(=O)CNc1ccc2c(c1)OCCO2. The summed E-state index contributed by atoms with van der Waals surface area (Å²) in [5.41, 5.74) is 2.01. The molecule has 0 saturated heterocycles. The Hall–Kier alpha value is -2.76. The number of nitrogens with zero attached hydrogens (tertiary/aromatic N) is 2. The van der Waals surface area contributed by atoms with E-state index in [9.17, 15) is 4.79 Å². The van der Waals surface area contributed by atoms with Crippen LogP contribution >= 0.6 is 0 Å². The molecular formula is C18H21N3O3. The van der Waals surface area contributed by atoms with Crippen LogP contribution in [-0.4, -0.2) is 49.1 Å². The summed E-state index contributed by atoms with van der Waals surface area (Å²) in [6, 6.07) is 9.53. The zero-order valence-corrected chi connectivity index (χ0v) is 13.7. The zero-order valence-electron chi connectivity index (χ0n) is 13.7. The topological polar surface area (TPSA) is 63.7 Å². The predicted octanol–water partition coefficient (Wildman–Crippen LogP) is 1.97. The highest BCUT2D eigenvalue weighted by Gasteiger charge is 2.13. The Bertz CT molecular complexity index is 691. The maximum Gasteiger partial charge on any atom is 0.241 e. The summed E-state index contributed by atoms with van der Waals surface area (Å²) < 4.78 is 11.0. The van der Waals surface area contributed by atoms with Gasteiger partial charge in [0.2, 0.25) is 5.91 Å². The number of aromatic nitrogens is 1. The number of benzene rings is 1. The van der Waals surface area contributed by atoms with E-state index in [-0.39, 0.29) is 12.5 Å². The van der Waals surface area contributed by atoms with E-state index in [1.54, 1.807) is 17.3 Å². The summed E-state index contributed by atoms with van der Waals surface area (Å²) in [6.45, 7) is 2.03. The highest BCUT2D eigenvalue weighted by Crippen LogP contribution is 2.32. The molecule has 1 N–H and O–H groups in total. The van der Waals surface area contributed by atoms with E-state index < -0.39 is 0 Å². The van der Waals surface area contributed by atoms with Crippen LogP contribution in [-0.2, 0) is 11.2 Å². The first-order valence-electron chi connectivity index (χ1n) is 7.99. The summed E-state index contributed by atoms with van der Waals surface area (Å²) in [4.78, 5) is 17.9. The normalized spacial score (nSPS) is 12.5. The number of pyridine rings is 1. The van der Waals surface area contributed by atoms with Crippen LogP contribution in [0.15, 0.2) is 42.7 Å². The first-order chi connectivity index (χ1) is 11.7. The van der Waals surface area contributed by atoms with E-state index in [1.807, 2.05) is 37.4 Å². The molecule has 3 rings (SSSR count). The van der Waals surface area contributed by atoms with Gasteiger partial charge in [0.15, 0.2) is 11.5 Å². The van der Waals surface area contributed by atoms with Gasteiger partial charge in [-0.3, -0.25) is 9.78 Å². The predicted molar refractivity (Wildman–Crippen MR) is 91.5 cm³/mol. The van der Waals surface area contributed by atoms with Crippen molar-refractivity contribution >= 4 is 11.6 Å². The van der Waals surface area contributed by atoms with E-state index in [2.05, 4.69) is 10.3 Å². The summed E-state index contributed by atoms with van der Waals surface area (Å²) in [5.74, 6) is 1.50. The van der Waals surface area contributed by atoms with Crippen molar-refractivity contribution < 1.29 is 14.3 Å². The maximum absolute atomic E-state index is 12.2. The molecule has 0 unspecified atom stereocenters. The van der Waals surface area contributed by atoms with Crippen molar-refractivity contribution in [3.05, 3.63) is 48.3 Å². The third-order valence-electron chi connectivity index (χ3n) is 3.90. The van der Waals surface area contributed by atoms with Crippen LogP contribution < -0.4 is 14.8 Å². The average molecular weight is 327 g/mol. The lowest BCUT2D eigenvalue weighted by Crippen LogP contribution is -2.33. The molecule has 2 aromatic rings. The molecular weight excluding hydrogens is 306 g/mol. The molecule has 1 aliphatic rings. The average Bonchev–Trinajstić information content (AvgIpc) is 2.64. The van der Waals surface area contributed by atoms with Gasteiger partial charge in [0, 0.05) is 37.7 Å². The van der Waals surface area contributed by atoms with Gasteiger partial charge in [0.1, 0.15) is 13.2 Å². The number of hydrogen-bond donors (Lipinski definition) is 1. The Morgan fingerprint density at radius 1 is 1.17 bits per heavy atom. The molecule has 1 aromatic heterocycles. The third-order valence-corrected chi connectivity index (χ3v) is 3.90. The van der Waals surface area contributed by atoms with Gasteiger partial charge in [-0.25, -0.2) is 0 Å². The smallest absolute Gasteiger partial charge is 0.241 e. The van der Waals surface area contributed by atoms with Gasteiger partial charge in [0.05, 0.1) is 6.54 Å². The van der Waals surface area contributed by atoms with E-state index in [4.69, 9.17) is 9.47 Å². The molecule has 0 aliphatic carbocycles. The molecule has 0 saturated carbocycles. The quantitative estimate of drug-likeness (QED) is 0.879. The van der Waals surface area contributed by atoms with Crippen LogP contribution in [0.25, 0.3) is 0 Å². The van der Waals surface area contributed by atoms with Gasteiger partial charge < -0.3 is 19.7 Å². The molecule has 1 aliphatic heterocycles. The fourth-order valence-corrected chi connectivity index (χ4v) is 2.44. The molecule has 24 heavy (non-hydrogen) atoms. The lowest BCUT2D eigenvalue weighted by Gasteiger charge is -2.20. The van der Waals surface area contributed by atoms with Crippen LogP contribution in [0.3, 0.4) is 0 Å².